The average molecular weight is 438 g/mol. The number of rotatable bonds is 7. The number of benzene rings is 2. The van der Waals surface area contributed by atoms with Crippen molar-refractivity contribution in [3.8, 4) is 22.7 Å². The van der Waals surface area contributed by atoms with Gasteiger partial charge in [-0.25, -0.2) is 14.3 Å². The molecule has 0 saturated carbocycles. The van der Waals surface area contributed by atoms with E-state index in [0.29, 0.717) is 30.2 Å². The predicted octanol–water partition coefficient (Wildman–Crippen LogP) is 2.86. The number of hydrogen-bond donors (Lipinski definition) is 0. The van der Waals surface area contributed by atoms with Crippen LogP contribution in [0.5, 0.6) is 5.75 Å². The summed E-state index contributed by atoms with van der Waals surface area (Å²) in [6.07, 6.45) is -0.384. The molecule has 1 aromatic heterocycles. The van der Waals surface area contributed by atoms with Crippen LogP contribution in [0.2, 0.25) is 0 Å². The Morgan fingerprint density at radius 2 is 1.62 bits per heavy atom. The summed E-state index contributed by atoms with van der Waals surface area (Å²) < 4.78 is 27.7. The zero-order valence-corrected chi connectivity index (χ0v) is 17.6. The normalized spacial score (nSPS) is 13.7. The number of hydrogen-bond acceptors (Lipinski definition) is 8. The maximum atomic E-state index is 12.7. The summed E-state index contributed by atoms with van der Waals surface area (Å²) in [7, 11) is 2.49. The number of methoxy groups -OCH3 is 2. The molecule has 3 aromatic rings. The molecule has 0 aliphatic carbocycles. The van der Waals surface area contributed by atoms with E-state index in [1.807, 2.05) is 6.07 Å². The quantitative estimate of drug-likeness (QED) is 0.520. The van der Waals surface area contributed by atoms with Crippen LogP contribution >= 0.6 is 0 Å². The average Bonchev–Trinajstić information content (AvgIpc) is 3.51. The van der Waals surface area contributed by atoms with Gasteiger partial charge in [-0.15, -0.1) is 0 Å². The van der Waals surface area contributed by atoms with Crippen LogP contribution in [0.25, 0.3) is 16.9 Å². The van der Waals surface area contributed by atoms with Gasteiger partial charge in [0.2, 0.25) is 0 Å². The molecule has 4 rings (SSSR count). The molecule has 2 aromatic carbocycles. The highest BCUT2D eigenvalue weighted by Crippen LogP contribution is 2.30. The first-order chi connectivity index (χ1) is 15.6. The Morgan fingerprint density at radius 1 is 0.969 bits per heavy atom. The van der Waals surface area contributed by atoms with Crippen molar-refractivity contribution >= 4 is 11.9 Å². The molecule has 9 heteroatoms. The Labute approximate surface area is 184 Å². The third kappa shape index (κ3) is 4.34. The van der Waals surface area contributed by atoms with Crippen LogP contribution in [-0.4, -0.2) is 62.0 Å². The molecule has 166 valence electrons. The number of carbonyl (C=O) groups excluding carboxylic acids is 2. The van der Waals surface area contributed by atoms with E-state index in [-0.39, 0.29) is 29.8 Å². The van der Waals surface area contributed by atoms with Crippen molar-refractivity contribution in [2.24, 2.45) is 0 Å². The summed E-state index contributed by atoms with van der Waals surface area (Å²) in [4.78, 5) is 25.3. The molecule has 1 saturated heterocycles. The fraction of sp³-hybridized carbons (Fsp3) is 0.261. The van der Waals surface area contributed by atoms with Crippen molar-refractivity contribution < 1.29 is 33.3 Å². The monoisotopic (exact) mass is 438 g/mol. The maximum Gasteiger partial charge on any atom is 0.357 e. The van der Waals surface area contributed by atoms with Crippen molar-refractivity contribution in [3.63, 3.8) is 0 Å². The van der Waals surface area contributed by atoms with E-state index in [1.165, 1.54) is 18.9 Å². The van der Waals surface area contributed by atoms with Crippen LogP contribution in [0.1, 0.15) is 20.8 Å². The fourth-order valence-electron chi connectivity index (χ4n) is 3.33. The molecule has 0 radical (unpaired) electrons. The van der Waals surface area contributed by atoms with Crippen LogP contribution < -0.4 is 4.74 Å². The lowest BCUT2D eigenvalue weighted by Crippen LogP contribution is -2.18. The van der Waals surface area contributed by atoms with E-state index in [1.54, 1.807) is 48.5 Å². The Kier molecular flexibility index (Phi) is 6.48. The van der Waals surface area contributed by atoms with Gasteiger partial charge in [-0.05, 0) is 36.4 Å². The van der Waals surface area contributed by atoms with E-state index < -0.39 is 11.9 Å². The fourth-order valence-corrected chi connectivity index (χ4v) is 3.33. The largest absolute Gasteiger partial charge is 0.488 e. The van der Waals surface area contributed by atoms with Crippen LogP contribution in [0.3, 0.4) is 0 Å². The highest BCUT2D eigenvalue weighted by molar-refractivity contribution is 6.06. The molecule has 0 unspecified atom stereocenters. The lowest BCUT2D eigenvalue weighted by atomic mass is 10.1. The van der Waals surface area contributed by atoms with Gasteiger partial charge in [0, 0.05) is 5.56 Å². The van der Waals surface area contributed by atoms with Crippen molar-refractivity contribution in [3.05, 3.63) is 65.9 Å². The Balaban J connectivity index is 1.73. The highest BCUT2D eigenvalue weighted by Gasteiger charge is 2.31. The van der Waals surface area contributed by atoms with Crippen LogP contribution in [-0.2, 0) is 18.9 Å². The van der Waals surface area contributed by atoms with E-state index in [4.69, 9.17) is 23.7 Å². The van der Waals surface area contributed by atoms with E-state index in [0.717, 1.165) is 0 Å². The summed E-state index contributed by atoms with van der Waals surface area (Å²) in [5, 5.41) is 4.56. The molecule has 0 atom stereocenters. The molecule has 32 heavy (non-hydrogen) atoms. The minimum atomic E-state index is -0.704. The zero-order chi connectivity index (χ0) is 22.5. The first kappa shape index (κ1) is 21.5. The lowest BCUT2D eigenvalue weighted by Gasteiger charge is -2.11. The van der Waals surface area contributed by atoms with Gasteiger partial charge in [0.25, 0.3) is 0 Å². The molecule has 0 spiro atoms. The first-order valence-electron chi connectivity index (χ1n) is 9.94. The highest BCUT2D eigenvalue weighted by atomic mass is 16.7. The predicted molar refractivity (Wildman–Crippen MR) is 113 cm³/mol. The van der Waals surface area contributed by atoms with Crippen LogP contribution in [0.15, 0.2) is 54.6 Å². The summed E-state index contributed by atoms with van der Waals surface area (Å²) in [5.41, 5.74) is 1.49. The van der Waals surface area contributed by atoms with Gasteiger partial charge in [-0.2, -0.15) is 5.10 Å². The van der Waals surface area contributed by atoms with E-state index in [9.17, 15) is 9.59 Å². The number of esters is 2. The number of aromatic nitrogens is 2. The summed E-state index contributed by atoms with van der Waals surface area (Å²) in [6, 6.07) is 16.0. The topological polar surface area (TPSA) is 98.1 Å². The van der Waals surface area contributed by atoms with Crippen molar-refractivity contribution in [2.45, 2.75) is 6.29 Å². The SMILES string of the molecule is COC(=O)c1c(-c2ccc(OCC3OCCO3)cc2)nn(-c2ccccc2)c1C(=O)OC. The second kappa shape index (κ2) is 9.63. The van der Waals surface area contributed by atoms with Gasteiger partial charge in [0.15, 0.2) is 12.0 Å². The number of carbonyl (C=O) groups is 2. The molecule has 9 nitrogen and oxygen atoms in total. The minimum absolute atomic E-state index is 0.0172. The molecule has 1 aliphatic rings. The minimum Gasteiger partial charge on any atom is -0.488 e. The second-order valence-corrected chi connectivity index (χ2v) is 6.81. The summed E-state index contributed by atoms with van der Waals surface area (Å²) in [5.74, 6) is -0.800. The van der Waals surface area contributed by atoms with Gasteiger partial charge >= 0.3 is 11.9 Å². The van der Waals surface area contributed by atoms with Crippen molar-refractivity contribution in [1.82, 2.24) is 9.78 Å². The standard InChI is InChI=1S/C23H22N2O7/c1-28-22(26)19-20(15-8-10-17(11-9-15)32-14-18-30-12-13-31-18)24-25(21(19)23(27)29-2)16-6-4-3-5-7-16/h3-11,18H,12-14H2,1-2H3. The molecule has 1 aliphatic heterocycles. The summed E-state index contributed by atoms with van der Waals surface area (Å²) in [6.45, 7) is 1.37. The third-order valence-corrected chi connectivity index (χ3v) is 4.86. The third-order valence-electron chi connectivity index (χ3n) is 4.86. The Morgan fingerprint density at radius 3 is 2.25 bits per heavy atom. The van der Waals surface area contributed by atoms with Gasteiger partial charge in [-0.3, -0.25) is 0 Å². The Bertz CT molecular complexity index is 1090. The molecule has 0 bridgehead atoms. The molecule has 0 N–H and O–H groups in total. The smallest absolute Gasteiger partial charge is 0.357 e. The van der Waals surface area contributed by atoms with Gasteiger partial charge in [0.1, 0.15) is 23.6 Å². The molecule has 0 amide bonds. The number of para-hydroxylation sites is 1. The molecule has 2 heterocycles. The molecule has 1 fully saturated rings. The van der Waals surface area contributed by atoms with Gasteiger partial charge in [0.05, 0.1) is 33.1 Å². The lowest BCUT2D eigenvalue weighted by molar-refractivity contribution is -0.0684. The Hall–Kier alpha value is -3.69. The number of nitrogens with zero attached hydrogens (tertiary/aromatic N) is 2. The summed E-state index contributed by atoms with van der Waals surface area (Å²) >= 11 is 0. The second-order valence-electron chi connectivity index (χ2n) is 6.81. The van der Waals surface area contributed by atoms with E-state index in [2.05, 4.69) is 5.10 Å². The number of ether oxygens (including phenoxy) is 5. The first-order valence-corrected chi connectivity index (χ1v) is 9.94. The van der Waals surface area contributed by atoms with Crippen LogP contribution in [0.4, 0.5) is 0 Å². The maximum absolute atomic E-state index is 12.7. The van der Waals surface area contributed by atoms with E-state index >= 15 is 0 Å². The molecular formula is C23H22N2O7. The van der Waals surface area contributed by atoms with Gasteiger partial charge < -0.3 is 23.7 Å². The van der Waals surface area contributed by atoms with Crippen LogP contribution in [0, 0.1) is 0 Å². The van der Waals surface area contributed by atoms with Crippen molar-refractivity contribution in [2.75, 3.05) is 34.0 Å². The molecular weight excluding hydrogens is 416 g/mol. The van der Waals surface area contributed by atoms with Crippen molar-refractivity contribution in [1.29, 1.82) is 0 Å². The van der Waals surface area contributed by atoms with Gasteiger partial charge in [-0.1, -0.05) is 18.2 Å². The zero-order valence-electron chi connectivity index (χ0n) is 17.6.